The minimum Gasteiger partial charge on any atom is -0.558 e. The van der Waals surface area contributed by atoms with Crippen molar-refractivity contribution in [3.05, 3.63) is 0 Å². The molecular weight excluding hydrogens is 355 g/mol. The van der Waals surface area contributed by atoms with E-state index in [9.17, 15) is 29.5 Å². The van der Waals surface area contributed by atoms with Crippen LogP contribution in [-0.4, -0.2) is 75.1 Å². The van der Waals surface area contributed by atoms with Gasteiger partial charge in [-0.2, -0.15) is 0 Å². The summed E-state index contributed by atoms with van der Waals surface area (Å²) >= 11 is 0. The Kier molecular flexibility index (Phi) is 8.21. The maximum absolute atomic E-state index is 12.7. The topological polar surface area (TPSA) is 165 Å². The van der Waals surface area contributed by atoms with E-state index >= 15 is 0 Å². The molecular formula is C16H32BN4O6-. The first-order valence-electron chi connectivity index (χ1n) is 9.38. The quantitative estimate of drug-likeness (QED) is 0.258. The number of rotatable bonds is 8. The SMILES string of the molecule is CC[C@@H](C)[C@H](NC(=O)[C@@H]1CCCN1C(=O)[C@H](C)NC(=O)[C@H](C)N)[B-](O)(O)O. The second kappa shape index (κ2) is 9.49. The van der Waals surface area contributed by atoms with Crippen molar-refractivity contribution in [2.24, 2.45) is 11.7 Å². The number of amides is 3. The van der Waals surface area contributed by atoms with Crippen LogP contribution in [0.3, 0.4) is 0 Å². The summed E-state index contributed by atoms with van der Waals surface area (Å²) in [5, 5.41) is 33.8. The Hall–Kier alpha value is -1.69. The molecule has 5 atom stereocenters. The second-order valence-electron chi connectivity index (χ2n) is 7.42. The monoisotopic (exact) mass is 387 g/mol. The first-order chi connectivity index (χ1) is 12.4. The number of nitrogens with two attached hydrogens (primary N) is 1. The molecule has 1 aliphatic rings. The van der Waals surface area contributed by atoms with E-state index < -0.39 is 48.5 Å². The molecule has 0 saturated carbocycles. The van der Waals surface area contributed by atoms with Crippen molar-refractivity contribution in [2.75, 3.05) is 6.54 Å². The number of hydrogen-bond donors (Lipinski definition) is 6. The van der Waals surface area contributed by atoms with Crippen LogP contribution in [0.25, 0.3) is 0 Å². The van der Waals surface area contributed by atoms with Crippen molar-refractivity contribution in [1.29, 1.82) is 0 Å². The van der Waals surface area contributed by atoms with Crippen LogP contribution in [0.2, 0.25) is 0 Å². The van der Waals surface area contributed by atoms with Crippen LogP contribution in [-0.2, 0) is 14.4 Å². The van der Waals surface area contributed by atoms with Gasteiger partial charge in [-0.1, -0.05) is 20.3 Å². The number of carbonyl (C=O) groups excluding carboxylic acids is 3. The van der Waals surface area contributed by atoms with Gasteiger partial charge in [0.1, 0.15) is 12.1 Å². The molecule has 1 heterocycles. The molecule has 0 bridgehead atoms. The molecule has 0 unspecified atom stereocenters. The summed E-state index contributed by atoms with van der Waals surface area (Å²) in [6.07, 6.45) is 1.50. The summed E-state index contributed by atoms with van der Waals surface area (Å²) in [5.74, 6) is -3.09. The summed E-state index contributed by atoms with van der Waals surface area (Å²) in [4.78, 5) is 38.3. The van der Waals surface area contributed by atoms with Crippen molar-refractivity contribution >= 4 is 24.5 Å². The summed E-state index contributed by atoms with van der Waals surface area (Å²) in [6, 6.07) is -2.42. The third-order valence-electron chi connectivity index (χ3n) is 5.03. The molecule has 1 saturated heterocycles. The highest BCUT2D eigenvalue weighted by atomic mass is 16.5. The second-order valence-corrected chi connectivity index (χ2v) is 7.42. The molecule has 0 radical (unpaired) electrons. The smallest absolute Gasteiger partial charge is 0.394 e. The van der Waals surface area contributed by atoms with E-state index in [1.165, 1.54) is 18.7 Å². The van der Waals surface area contributed by atoms with Gasteiger partial charge in [-0.05, 0) is 38.5 Å². The van der Waals surface area contributed by atoms with Gasteiger partial charge in [-0.3, -0.25) is 14.4 Å². The van der Waals surface area contributed by atoms with Gasteiger partial charge < -0.3 is 36.3 Å². The molecule has 0 aliphatic carbocycles. The van der Waals surface area contributed by atoms with Crippen LogP contribution >= 0.6 is 0 Å². The van der Waals surface area contributed by atoms with E-state index in [0.29, 0.717) is 25.8 Å². The number of hydrogen-bond acceptors (Lipinski definition) is 7. The normalized spacial score (nSPS) is 21.9. The van der Waals surface area contributed by atoms with Crippen molar-refractivity contribution in [2.45, 2.75) is 71.0 Å². The molecule has 11 heteroatoms. The number of nitrogens with zero attached hydrogens (tertiary/aromatic N) is 1. The Morgan fingerprint density at radius 2 is 1.78 bits per heavy atom. The summed E-state index contributed by atoms with van der Waals surface area (Å²) in [5.41, 5.74) is 5.48. The van der Waals surface area contributed by atoms with E-state index in [-0.39, 0.29) is 5.92 Å². The van der Waals surface area contributed by atoms with Crippen molar-refractivity contribution in [3.63, 3.8) is 0 Å². The number of carbonyl (C=O) groups is 3. The average Bonchev–Trinajstić information content (AvgIpc) is 3.06. The lowest BCUT2D eigenvalue weighted by atomic mass is 9.64. The van der Waals surface area contributed by atoms with Gasteiger partial charge in [-0.15, -0.1) is 0 Å². The van der Waals surface area contributed by atoms with Gasteiger partial charge in [-0.25, -0.2) is 0 Å². The summed E-state index contributed by atoms with van der Waals surface area (Å²) in [7, 11) is 0. The fourth-order valence-electron chi connectivity index (χ4n) is 3.17. The van der Waals surface area contributed by atoms with Crippen molar-refractivity contribution in [3.8, 4) is 0 Å². The Morgan fingerprint density at radius 3 is 2.26 bits per heavy atom. The maximum atomic E-state index is 12.7. The first kappa shape index (κ1) is 23.4. The molecule has 7 N–H and O–H groups in total. The van der Waals surface area contributed by atoms with Crippen LogP contribution in [0.5, 0.6) is 0 Å². The van der Waals surface area contributed by atoms with Crippen molar-refractivity contribution in [1.82, 2.24) is 15.5 Å². The first-order valence-corrected chi connectivity index (χ1v) is 9.38. The largest absolute Gasteiger partial charge is 0.558 e. The van der Waals surface area contributed by atoms with E-state index in [1.54, 1.807) is 13.8 Å². The predicted molar refractivity (Wildman–Crippen MR) is 99.8 cm³/mol. The highest BCUT2D eigenvalue weighted by Gasteiger charge is 2.40. The molecule has 0 aromatic carbocycles. The fraction of sp³-hybridized carbons (Fsp3) is 0.812. The van der Waals surface area contributed by atoms with Gasteiger partial charge in [0.25, 0.3) is 0 Å². The van der Waals surface area contributed by atoms with Crippen molar-refractivity contribution < 1.29 is 29.5 Å². The third kappa shape index (κ3) is 6.17. The molecule has 1 aliphatic heterocycles. The van der Waals surface area contributed by atoms with Gasteiger partial charge in [0.2, 0.25) is 17.7 Å². The zero-order valence-corrected chi connectivity index (χ0v) is 16.4. The highest BCUT2D eigenvalue weighted by Crippen LogP contribution is 2.20. The predicted octanol–water partition coefficient (Wildman–Crippen LogP) is -2.18. The molecule has 27 heavy (non-hydrogen) atoms. The molecule has 0 aromatic rings. The van der Waals surface area contributed by atoms with Crippen LogP contribution in [0.1, 0.15) is 47.0 Å². The molecule has 3 amide bonds. The highest BCUT2D eigenvalue weighted by molar-refractivity contribution is 6.58. The Balaban J connectivity index is 2.84. The van der Waals surface area contributed by atoms with Gasteiger partial charge in [0.05, 0.1) is 6.04 Å². The standard InChI is InChI=1S/C16H32BN4O6/c1-5-9(2)13(17(25,26)27)20-15(23)12-7-6-8-21(12)16(24)11(4)19-14(22)10(3)18/h9-13,25-27H,5-8,18H2,1-4H3,(H,19,22)(H,20,23)/q-1/t9-,10+,11+,12+,13+/m1/s1. The lowest BCUT2D eigenvalue weighted by Gasteiger charge is -2.38. The van der Waals surface area contributed by atoms with Crippen LogP contribution in [0.4, 0.5) is 0 Å². The molecule has 10 nitrogen and oxygen atoms in total. The van der Waals surface area contributed by atoms with E-state index in [4.69, 9.17) is 5.73 Å². The lowest BCUT2D eigenvalue weighted by molar-refractivity contribution is -0.141. The molecule has 1 rings (SSSR count). The molecule has 0 aromatic heterocycles. The van der Waals surface area contributed by atoms with Crippen LogP contribution in [0.15, 0.2) is 0 Å². The molecule has 0 spiro atoms. The van der Waals surface area contributed by atoms with Gasteiger partial charge in [0.15, 0.2) is 0 Å². The van der Waals surface area contributed by atoms with Crippen LogP contribution in [0, 0.1) is 5.92 Å². The Bertz CT molecular complexity index is 554. The average molecular weight is 387 g/mol. The number of nitrogens with one attached hydrogen (secondary N) is 2. The lowest BCUT2D eigenvalue weighted by Crippen LogP contribution is -2.63. The maximum Gasteiger partial charge on any atom is 0.394 e. The summed E-state index contributed by atoms with van der Waals surface area (Å²) < 4.78 is 0. The van der Waals surface area contributed by atoms with E-state index in [0.717, 1.165) is 0 Å². The Labute approximate surface area is 159 Å². The number of likely N-dealkylation sites (tertiary alicyclic amines) is 1. The fourth-order valence-corrected chi connectivity index (χ4v) is 3.17. The molecule has 156 valence electrons. The van der Waals surface area contributed by atoms with E-state index in [2.05, 4.69) is 10.6 Å². The molecule has 1 fully saturated rings. The zero-order valence-electron chi connectivity index (χ0n) is 16.4. The van der Waals surface area contributed by atoms with Gasteiger partial charge >= 0.3 is 6.75 Å². The van der Waals surface area contributed by atoms with E-state index in [1.807, 2.05) is 0 Å². The minimum atomic E-state index is -3.76. The third-order valence-corrected chi connectivity index (χ3v) is 5.03. The van der Waals surface area contributed by atoms with Gasteiger partial charge in [0, 0.05) is 6.54 Å². The minimum absolute atomic E-state index is 0.344. The summed E-state index contributed by atoms with van der Waals surface area (Å²) in [6.45, 7) is 3.07. The Morgan fingerprint density at radius 1 is 1.19 bits per heavy atom. The zero-order chi connectivity index (χ0) is 20.9. The van der Waals surface area contributed by atoms with Crippen LogP contribution < -0.4 is 16.4 Å².